The predicted molar refractivity (Wildman–Crippen MR) is 122 cm³/mol. The lowest BCUT2D eigenvalue weighted by atomic mass is 10.2. The molecule has 182 valence electrons. The Morgan fingerprint density at radius 1 is 1.18 bits per heavy atom. The molecule has 2 atom stereocenters. The van der Waals surface area contributed by atoms with Crippen LogP contribution >= 0.6 is 0 Å². The van der Waals surface area contributed by atoms with E-state index in [0.717, 1.165) is 0 Å². The van der Waals surface area contributed by atoms with Crippen molar-refractivity contribution in [2.24, 2.45) is 0 Å². The molecule has 0 aromatic heterocycles. The maximum absolute atomic E-state index is 13.0. The number of benzene rings is 2. The van der Waals surface area contributed by atoms with E-state index in [1.54, 1.807) is 20.8 Å². The smallest absolute Gasteiger partial charge is 0.338 e. The first-order valence-corrected chi connectivity index (χ1v) is 11.9. The Morgan fingerprint density at radius 2 is 1.85 bits per heavy atom. The summed E-state index contributed by atoms with van der Waals surface area (Å²) in [4.78, 5) is 35.0. The number of carbonyl (C=O) groups excluding carboxylic acids is 2. The number of ether oxygens (including phenoxy) is 2. The van der Waals surface area contributed by atoms with E-state index in [-0.39, 0.29) is 47.1 Å². The number of hydrogen-bond donors (Lipinski definition) is 1. The topological polar surface area (TPSA) is 145 Å². The molecule has 3 rings (SSSR count). The molecule has 11 nitrogen and oxygen atoms in total. The fourth-order valence-corrected chi connectivity index (χ4v) is 5.19. The van der Waals surface area contributed by atoms with E-state index >= 15 is 0 Å². The highest BCUT2D eigenvalue weighted by atomic mass is 32.2. The summed E-state index contributed by atoms with van der Waals surface area (Å²) >= 11 is 0. The lowest BCUT2D eigenvalue weighted by Crippen LogP contribution is -2.48. The van der Waals surface area contributed by atoms with Crippen LogP contribution < -0.4 is 5.32 Å². The van der Waals surface area contributed by atoms with Gasteiger partial charge in [0.25, 0.3) is 11.6 Å². The monoisotopic (exact) mass is 491 g/mol. The zero-order valence-corrected chi connectivity index (χ0v) is 19.7. The number of nitrogens with one attached hydrogen (secondary N) is 1. The molecule has 1 N–H and O–H groups in total. The first-order chi connectivity index (χ1) is 16.0. The Kier molecular flexibility index (Phi) is 7.64. The van der Waals surface area contributed by atoms with Crippen molar-refractivity contribution in [3.05, 3.63) is 63.7 Å². The molecule has 1 heterocycles. The zero-order chi connectivity index (χ0) is 25.0. The van der Waals surface area contributed by atoms with Gasteiger partial charge >= 0.3 is 5.97 Å². The Labute approximate surface area is 196 Å². The molecular formula is C22H25N3O8S. The van der Waals surface area contributed by atoms with Crippen LogP contribution in [0.4, 0.5) is 11.4 Å². The zero-order valence-electron chi connectivity index (χ0n) is 18.9. The highest BCUT2D eigenvalue weighted by Crippen LogP contribution is 2.23. The van der Waals surface area contributed by atoms with Crippen LogP contribution in [-0.4, -0.2) is 61.4 Å². The maximum atomic E-state index is 13.0. The summed E-state index contributed by atoms with van der Waals surface area (Å²) < 4.78 is 37.9. The van der Waals surface area contributed by atoms with E-state index in [9.17, 15) is 28.1 Å². The number of rotatable bonds is 7. The molecule has 0 saturated carbocycles. The first-order valence-electron chi connectivity index (χ1n) is 10.4. The number of nitro benzene ring substituents is 1. The standard InChI is InChI=1S/C22H25N3O8S/c1-14-7-8-18(10-20(14)25(28)29)23-21(26)13-32-22(27)17-5-4-6-19(9-17)34(30,31)24-11-15(2)33-16(3)12-24/h4-10,15-16H,11-13H2,1-3H3,(H,23,26). The third kappa shape index (κ3) is 5.95. The number of nitrogens with zero attached hydrogens (tertiary/aromatic N) is 2. The highest BCUT2D eigenvalue weighted by Gasteiger charge is 2.32. The van der Waals surface area contributed by atoms with Crippen molar-refractivity contribution in [1.82, 2.24) is 4.31 Å². The van der Waals surface area contributed by atoms with Gasteiger partial charge in [-0.1, -0.05) is 12.1 Å². The molecule has 0 spiro atoms. The van der Waals surface area contributed by atoms with Crippen molar-refractivity contribution in [3.8, 4) is 0 Å². The summed E-state index contributed by atoms with van der Waals surface area (Å²) in [5.74, 6) is -1.59. The summed E-state index contributed by atoms with van der Waals surface area (Å²) in [6.45, 7) is 4.87. The van der Waals surface area contributed by atoms with E-state index in [2.05, 4.69) is 5.32 Å². The molecule has 0 radical (unpaired) electrons. The van der Waals surface area contributed by atoms with Crippen molar-refractivity contribution in [2.75, 3.05) is 25.0 Å². The Hall–Kier alpha value is -3.35. The van der Waals surface area contributed by atoms with Gasteiger partial charge in [0.2, 0.25) is 10.0 Å². The van der Waals surface area contributed by atoms with E-state index in [4.69, 9.17) is 9.47 Å². The molecule has 2 aromatic rings. The molecule has 34 heavy (non-hydrogen) atoms. The van der Waals surface area contributed by atoms with Crippen LogP contribution in [0.15, 0.2) is 47.4 Å². The second-order valence-corrected chi connectivity index (χ2v) is 9.93. The minimum absolute atomic E-state index is 0.0331. The quantitative estimate of drug-likeness (QED) is 0.353. The van der Waals surface area contributed by atoms with Crippen LogP contribution in [0, 0.1) is 17.0 Å². The molecule has 2 aromatic carbocycles. The molecular weight excluding hydrogens is 466 g/mol. The summed E-state index contributed by atoms with van der Waals surface area (Å²) in [7, 11) is -3.86. The minimum Gasteiger partial charge on any atom is -0.452 e. The second kappa shape index (κ2) is 10.3. The van der Waals surface area contributed by atoms with E-state index in [1.165, 1.54) is 46.8 Å². The normalized spacial score (nSPS) is 18.8. The SMILES string of the molecule is Cc1ccc(NC(=O)COC(=O)c2cccc(S(=O)(=O)N3CC(C)OC(C)C3)c2)cc1[N+](=O)[O-]. The Morgan fingerprint density at radius 3 is 2.50 bits per heavy atom. The summed E-state index contributed by atoms with van der Waals surface area (Å²) in [5.41, 5.74) is 0.428. The highest BCUT2D eigenvalue weighted by molar-refractivity contribution is 7.89. The number of nitro groups is 1. The van der Waals surface area contributed by atoms with Crippen LogP contribution in [-0.2, 0) is 24.3 Å². The predicted octanol–water partition coefficient (Wildman–Crippen LogP) is 2.50. The summed E-state index contributed by atoms with van der Waals surface area (Å²) in [6.07, 6.45) is -0.528. The van der Waals surface area contributed by atoms with Crippen LogP contribution in [0.2, 0.25) is 0 Å². The van der Waals surface area contributed by atoms with E-state index in [0.29, 0.717) is 5.56 Å². The van der Waals surface area contributed by atoms with Crippen LogP contribution in [0.5, 0.6) is 0 Å². The first kappa shape index (κ1) is 25.3. The number of esters is 1. The maximum Gasteiger partial charge on any atom is 0.338 e. The van der Waals surface area contributed by atoms with Crippen molar-refractivity contribution < 1.29 is 32.4 Å². The second-order valence-electron chi connectivity index (χ2n) is 7.99. The van der Waals surface area contributed by atoms with Gasteiger partial charge in [-0.25, -0.2) is 13.2 Å². The van der Waals surface area contributed by atoms with Gasteiger partial charge < -0.3 is 14.8 Å². The van der Waals surface area contributed by atoms with Gasteiger partial charge in [0, 0.05) is 30.4 Å². The van der Waals surface area contributed by atoms with Crippen LogP contribution in [0.1, 0.15) is 29.8 Å². The number of morpholine rings is 1. The number of aryl methyl sites for hydroxylation is 1. The Bertz CT molecular complexity index is 1200. The van der Waals surface area contributed by atoms with Gasteiger partial charge in [-0.3, -0.25) is 14.9 Å². The third-order valence-corrected chi connectivity index (χ3v) is 6.95. The molecule has 1 amide bonds. The molecule has 1 fully saturated rings. The van der Waals surface area contributed by atoms with Gasteiger partial charge in [-0.15, -0.1) is 0 Å². The molecule has 1 aliphatic rings. The van der Waals surface area contributed by atoms with Gasteiger partial charge in [-0.05, 0) is 45.0 Å². The number of sulfonamides is 1. The molecule has 12 heteroatoms. The molecule has 0 aliphatic carbocycles. The van der Waals surface area contributed by atoms with Gasteiger partial charge in [0.15, 0.2) is 6.61 Å². The van der Waals surface area contributed by atoms with Crippen LogP contribution in [0.3, 0.4) is 0 Å². The lowest BCUT2D eigenvalue weighted by Gasteiger charge is -2.34. The summed E-state index contributed by atoms with van der Waals surface area (Å²) in [5, 5.41) is 13.5. The lowest BCUT2D eigenvalue weighted by molar-refractivity contribution is -0.385. The molecule has 1 saturated heterocycles. The third-order valence-electron chi connectivity index (χ3n) is 5.12. The number of anilines is 1. The van der Waals surface area contributed by atoms with Crippen molar-refractivity contribution in [1.29, 1.82) is 0 Å². The van der Waals surface area contributed by atoms with E-state index in [1.807, 2.05) is 0 Å². The van der Waals surface area contributed by atoms with Crippen molar-refractivity contribution in [3.63, 3.8) is 0 Å². The van der Waals surface area contributed by atoms with Gasteiger partial charge in [0.05, 0.1) is 27.6 Å². The van der Waals surface area contributed by atoms with Crippen molar-refractivity contribution in [2.45, 2.75) is 37.9 Å². The molecule has 1 aliphatic heterocycles. The number of amides is 1. The van der Waals surface area contributed by atoms with Gasteiger partial charge in [-0.2, -0.15) is 4.31 Å². The number of hydrogen-bond acceptors (Lipinski definition) is 8. The Balaban J connectivity index is 1.65. The number of carbonyl (C=O) groups is 2. The summed E-state index contributed by atoms with van der Waals surface area (Å²) in [6, 6.07) is 9.56. The minimum atomic E-state index is -3.86. The van der Waals surface area contributed by atoms with Gasteiger partial charge in [0.1, 0.15) is 0 Å². The average molecular weight is 492 g/mol. The van der Waals surface area contributed by atoms with Crippen LogP contribution in [0.25, 0.3) is 0 Å². The van der Waals surface area contributed by atoms with E-state index < -0.39 is 33.4 Å². The fourth-order valence-electron chi connectivity index (χ4n) is 3.55. The fraction of sp³-hybridized carbons (Fsp3) is 0.364. The average Bonchev–Trinajstić information content (AvgIpc) is 2.78. The molecule has 0 bridgehead atoms. The largest absolute Gasteiger partial charge is 0.452 e. The van der Waals surface area contributed by atoms with Crippen molar-refractivity contribution >= 4 is 33.3 Å². The molecule has 2 unspecified atom stereocenters.